The monoisotopic (exact) mass is 307 g/mol. The Labute approximate surface area is 131 Å². The first kappa shape index (κ1) is 14.6. The number of pyridine rings is 2. The Balaban J connectivity index is 1.77. The molecule has 0 saturated carbocycles. The second-order valence-electron chi connectivity index (χ2n) is 4.75. The first-order valence-corrected chi connectivity index (χ1v) is 6.91. The molecule has 0 atom stereocenters. The van der Waals surface area contributed by atoms with Gasteiger partial charge in [-0.15, -0.1) is 0 Å². The average molecular weight is 307 g/mol. The second kappa shape index (κ2) is 6.61. The lowest BCUT2D eigenvalue weighted by atomic mass is 10.2. The molecule has 0 aromatic carbocycles. The van der Waals surface area contributed by atoms with E-state index in [1.54, 1.807) is 49.1 Å². The van der Waals surface area contributed by atoms with Gasteiger partial charge in [0.25, 0.3) is 11.5 Å². The lowest BCUT2D eigenvalue weighted by molar-refractivity contribution is 0.0950. The van der Waals surface area contributed by atoms with Crippen LogP contribution >= 0.6 is 0 Å². The van der Waals surface area contributed by atoms with Gasteiger partial charge in [-0.1, -0.05) is 0 Å². The molecule has 0 fully saturated rings. The van der Waals surface area contributed by atoms with Crippen LogP contribution in [0.15, 0.2) is 59.9 Å². The number of H-pyrrole nitrogens is 1. The molecule has 3 heterocycles. The molecule has 3 aromatic rings. The molecule has 0 saturated heterocycles. The molecule has 0 radical (unpaired) electrons. The van der Waals surface area contributed by atoms with E-state index in [1.807, 2.05) is 0 Å². The van der Waals surface area contributed by atoms with Crippen LogP contribution in [0.3, 0.4) is 0 Å². The predicted molar refractivity (Wildman–Crippen MR) is 83.5 cm³/mol. The summed E-state index contributed by atoms with van der Waals surface area (Å²) in [4.78, 5) is 38.6. The molecule has 0 aliphatic heterocycles. The molecule has 0 aliphatic carbocycles. The average Bonchev–Trinajstić information content (AvgIpc) is 2.61. The van der Waals surface area contributed by atoms with Gasteiger partial charge in [0.05, 0.1) is 12.2 Å². The highest BCUT2D eigenvalue weighted by Gasteiger charge is 2.07. The van der Waals surface area contributed by atoms with Crippen LogP contribution in [0, 0.1) is 0 Å². The molecular formula is C16H13N5O2. The third-order valence-electron chi connectivity index (χ3n) is 3.10. The number of amides is 1. The minimum Gasteiger partial charge on any atom is -0.346 e. The summed E-state index contributed by atoms with van der Waals surface area (Å²) in [5.74, 6) is 0.163. The lowest BCUT2D eigenvalue weighted by Crippen LogP contribution is -2.24. The highest BCUT2D eigenvalue weighted by molar-refractivity contribution is 5.93. The largest absolute Gasteiger partial charge is 0.346 e. The van der Waals surface area contributed by atoms with Gasteiger partial charge >= 0.3 is 0 Å². The number of carbonyl (C=O) groups is 1. The van der Waals surface area contributed by atoms with Gasteiger partial charge in [-0.3, -0.25) is 19.6 Å². The Kier molecular flexibility index (Phi) is 4.19. The van der Waals surface area contributed by atoms with E-state index in [0.29, 0.717) is 22.6 Å². The maximum Gasteiger partial charge on any atom is 0.251 e. The zero-order chi connectivity index (χ0) is 16.1. The standard InChI is InChI=1S/C16H13N5O2/c22-14-8-13(10-19-16(23)11-3-6-17-7-4-11)20-15(21-14)12-2-1-5-18-9-12/h1-9H,10H2,(H,19,23)(H,20,21,22). The summed E-state index contributed by atoms with van der Waals surface area (Å²) in [7, 11) is 0. The Hall–Kier alpha value is -3.35. The molecule has 3 aromatic heterocycles. The van der Waals surface area contributed by atoms with Crippen molar-refractivity contribution in [3.63, 3.8) is 0 Å². The molecule has 7 heteroatoms. The minimum absolute atomic E-state index is 0.151. The maximum atomic E-state index is 12.0. The number of hydrogen-bond donors (Lipinski definition) is 2. The van der Waals surface area contributed by atoms with Gasteiger partial charge in [0.1, 0.15) is 5.82 Å². The highest BCUT2D eigenvalue weighted by Crippen LogP contribution is 2.11. The van der Waals surface area contributed by atoms with E-state index in [2.05, 4.69) is 25.3 Å². The molecule has 23 heavy (non-hydrogen) atoms. The van der Waals surface area contributed by atoms with Gasteiger partial charge in [0, 0.05) is 42.0 Å². The third kappa shape index (κ3) is 3.65. The van der Waals surface area contributed by atoms with Crippen LogP contribution < -0.4 is 10.9 Å². The van der Waals surface area contributed by atoms with Gasteiger partial charge < -0.3 is 10.3 Å². The minimum atomic E-state index is -0.285. The van der Waals surface area contributed by atoms with Crippen LogP contribution in [-0.4, -0.2) is 25.8 Å². The quantitative estimate of drug-likeness (QED) is 0.753. The van der Waals surface area contributed by atoms with Crippen molar-refractivity contribution in [3.05, 3.63) is 76.7 Å². The van der Waals surface area contributed by atoms with E-state index < -0.39 is 0 Å². The van der Waals surface area contributed by atoms with Gasteiger partial charge in [-0.2, -0.15) is 0 Å². The summed E-state index contributed by atoms with van der Waals surface area (Å²) >= 11 is 0. The topological polar surface area (TPSA) is 101 Å². The van der Waals surface area contributed by atoms with Crippen molar-refractivity contribution in [1.82, 2.24) is 25.3 Å². The molecular weight excluding hydrogens is 294 g/mol. The molecule has 1 amide bonds. The fourth-order valence-corrected chi connectivity index (χ4v) is 2.01. The van der Waals surface area contributed by atoms with Crippen molar-refractivity contribution in [3.8, 4) is 11.4 Å². The smallest absolute Gasteiger partial charge is 0.251 e. The number of nitrogens with zero attached hydrogens (tertiary/aromatic N) is 3. The van der Waals surface area contributed by atoms with Crippen LogP contribution in [0.4, 0.5) is 0 Å². The van der Waals surface area contributed by atoms with Gasteiger partial charge in [-0.25, -0.2) is 4.98 Å². The van der Waals surface area contributed by atoms with Crippen molar-refractivity contribution in [2.45, 2.75) is 6.54 Å². The molecule has 0 bridgehead atoms. The Morgan fingerprint density at radius 3 is 2.70 bits per heavy atom. The fraction of sp³-hybridized carbons (Fsp3) is 0.0625. The summed E-state index contributed by atoms with van der Waals surface area (Å²) in [5, 5.41) is 2.72. The molecule has 0 unspecified atom stereocenters. The highest BCUT2D eigenvalue weighted by atomic mass is 16.1. The van der Waals surface area contributed by atoms with E-state index in [-0.39, 0.29) is 18.0 Å². The number of rotatable bonds is 4. The summed E-state index contributed by atoms with van der Waals surface area (Å²) < 4.78 is 0. The number of nitrogens with one attached hydrogen (secondary N) is 2. The number of hydrogen-bond acceptors (Lipinski definition) is 5. The Bertz CT molecular complexity index is 862. The van der Waals surface area contributed by atoms with Crippen LogP contribution in [0.1, 0.15) is 16.1 Å². The molecule has 0 spiro atoms. The summed E-state index contributed by atoms with van der Waals surface area (Å²) in [6, 6.07) is 8.13. The zero-order valence-electron chi connectivity index (χ0n) is 12.1. The van der Waals surface area contributed by atoms with E-state index >= 15 is 0 Å². The summed E-state index contributed by atoms with van der Waals surface area (Å²) in [5.41, 5.74) is 1.38. The molecule has 2 N–H and O–H groups in total. The summed E-state index contributed by atoms with van der Waals surface area (Å²) in [6.45, 7) is 0.151. The normalized spacial score (nSPS) is 10.3. The predicted octanol–water partition coefficient (Wildman–Crippen LogP) is 1.16. The van der Waals surface area contributed by atoms with E-state index in [1.165, 1.54) is 6.07 Å². The lowest BCUT2D eigenvalue weighted by Gasteiger charge is -2.06. The van der Waals surface area contributed by atoms with E-state index in [9.17, 15) is 9.59 Å². The number of aromatic amines is 1. The molecule has 7 nitrogen and oxygen atoms in total. The van der Waals surface area contributed by atoms with Crippen LogP contribution in [-0.2, 0) is 6.54 Å². The fourth-order valence-electron chi connectivity index (χ4n) is 2.01. The first-order valence-electron chi connectivity index (χ1n) is 6.91. The zero-order valence-corrected chi connectivity index (χ0v) is 12.1. The number of aromatic nitrogens is 4. The van der Waals surface area contributed by atoms with Gasteiger partial charge in [-0.05, 0) is 24.3 Å². The van der Waals surface area contributed by atoms with Crippen LogP contribution in [0.25, 0.3) is 11.4 Å². The van der Waals surface area contributed by atoms with Crippen molar-refractivity contribution in [1.29, 1.82) is 0 Å². The number of carbonyl (C=O) groups excluding carboxylic acids is 1. The Morgan fingerprint density at radius 1 is 1.13 bits per heavy atom. The van der Waals surface area contributed by atoms with Crippen molar-refractivity contribution in [2.24, 2.45) is 0 Å². The van der Waals surface area contributed by atoms with Crippen LogP contribution in [0.5, 0.6) is 0 Å². The Morgan fingerprint density at radius 2 is 1.96 bits per heavy atom. The van der Waals surface area contributed by atoms with Crippen molar-refractivity contribution < 1.29 is 4.79 Å². The molecule has 3 rings (SSSR count). The molecule has 114 valence electrons. The summed E-state index contributed by atoms with van der Waals surface area (Å²) in [6.07, 6.45) is 6.33. The van der Waals surface area contributed by atoms with Crippen molar-refractivity contribution >= 4 is 5.91 Å². The van der Waals surface area contributed by atoms with E-state index in [4.69, 9.17) is 0 Å². The van der Waals surface area contributed by atoms with Crippen molar-refractivity contribution in [2.75, 3.05) is 0 Å². The third-order valence-corrected chi connectivity index (χ3v) is 3.10. The van der Waals surface area contributed by atoms with Gasteiger partial charge in [0.15, 0.2) is 0 Å². The second-order valence-corrected chi connectivity index (χ2v) is 4.75. The van der Waals surface area contributed by atoms with E-state index in [0.717, 1.165) is 0 Å². The van der Waals surface area contributed by atoms with Gasteiger partial charge in [0.2, 0.25) is 0 Å². The first-order chi connectivity index (χ1) is 11.2. The van der Waals surface area contributed by atoms with Crippen LogP contribution in [0.2, 0.25) is 0 Å². The SMILES string of the molecule is O=C(NCc1cc(=O)[nH]c(-c2cccnc2)n1)c1ccncc1. The maximum absolute atomic E-state index is 12.0. The molecule has 0 aliphatic rings.